The number of halogens is 2. The third-order valence-corrected chi connectivity index (χ3v) is 2.43. The van der Waals surface area contributed by atoms with Crippen LogP contribution in [0.25, 0.3) is 0 Å². The maximum absolute atomic E-state index is 13.5. The number of carbonyl (C=O) groups excluding carboxylic acids is 1. The van der Waals surface area contributed by atoms with E-state index in [1.54, 1.807) is 4.90 Å². The van der Waals surface area contributed by atoms with Crippen LogP contribution in [0.2, 0.25) is 0 Å². The molecule has 0 atom stereocenters. The van der Waals surface area contributed by atoms with Crippen LogP contribution in [0.1, 0.15) is 19.4 Å². The van der Waals surface area contributed by atoms with Gasteiger partial charge < -0.3 is 5.73 Å². The molecule has 3 nitrogen and oxygen atoms in total. The Bertz CT molecular complexity index is 421. The molecule has 0 saturated carbocycles. The van der Waals surface area contributed by atoms with E-state index in [4.69, 9.17) is 5.73 Å². The predicted octanol–water partition coefficient (Wildman–Crippen LogP) is 1.91. The molecule has 0 aliphatic carbocycles. The summed E-state index contributed by atoms with van der Waals surface area (Å²) in [7, 11) is 0. The SMILES string of the molecule is CC(C)CN(CC(N)=O)Cc1cccc(F)c1F. The number of amides is 1. The minimum absolute atomic E-state index is 0.0358. The maximum atomic E-state index is 13.5. The van der Waals surface area contributed by atoms with Crippen molar-refractivity contribution in [2.45, 2.75) is 20.4 Å². The van der Waals surface area contributed by atoms with Crippen LogP contribution in [0.3, 0.4) is 0 Å². The quantitative estimate of drug-likeness (QED) is 0.845. The first-order chi connectivity index (χ1) is 8.40. The molecular weight excluding hydrogens is 238 g/mol. The lowest BCUT2D eigenvalue weighted by atomic mass is 10.1. The van der Waals surface area contributed by atoms with Crippen molar-refractivity contribution >= 4 is 5.91 Å². The second kappa shape index (κ2) is 6.44. The fraction of sp³-hybridized carbons (Fsp3) is 0.462. The van der Waals surface area contributed by atoms with E-state index < -0.39 is 17.5 Å². The first-order valence-electron chi connectivity index (χ1n) is 5.83. The Balaban J connectivity index is 2.81. The Morgan fingerprint density at radius 2 is 2.06 bits per heavy atom. The summed E-state index contributed by atoms with van der Waals surface area (Å²) >= 11 is 0. The van der Waals surface area contributed by atoms with Gasteiger partial charge in [-0.3, -0.25) is 9.69 Å². The van der Waals surface area contributed by atoms with Crippen molar-refractivity contribution in [1.82, 2.24) is 4.90 Å². The van der Waals surface area contributed by atoms with Gasteiger partial charge >= 0.3 is 0 Å². The molecule has 0 saturated heterocycles. The molecule has 1 rings (SSSR count). The van der Waals surface area contributed by atoms with Gasteiger partial charge in [0.15, 0.2) is 11.6 Å². The second-order valence-electron chi connectivity index (χ2n) is 4.74. The molecule has 2 N–H and O–H groups in total. The first kappa shape index (κ1) is 14.6. The number of nitrogens with two attached hydrogens (primary N) is 1. The van der Waals surface area contributed by atoms with Crippen molar-refractivity contribution in [3.63, 3.8) is 0 Å². The first-order valence-corrected chi connectivity index (χ1v) is 5.83. The van der Waals surface area contributed by atoms with E-state index in [0.29, 0.717) is 12.5 Å². The van der Waals surface area contributed by atoms with Crippen molar-refractivity contribution in [3.05, 3.63) is 35.4 Å². The molecule has 1 amide bonds. The average molecular weight is 256 g/mol. The molecule has 1 aromatic rings. The summed E-state index contributed by atoms with van der Waals surface area (Å²) in [6, 6.07) is 4.03. The third kappa shape index (κ3) is 4.41. The number of primary amides is 1. The Kier molecular flexibility index (Phi) is 5.22. The highest BCUT2D eigenvalue weighted by atomic mass is 19.2. The van der Waals surface area contributed by atoms with Gasteiger partial charge in [-0.1, -0.05) is 26.0 Å². The fourth-order valence-corrected chi connectivity index (χ4v) is 1.83. The Morgan fingerprint density at radius 1 is 1.39 bits per heavy atom. The summed E-state index contributed by atoms with van der Waals surface area (Å²) in [4.78, 5) is 12.7. The van der Waals surface area contributed by atoms with Crippen LogP contribution in [0.5, 0.6) is 0 Å². The van der Waals surface area contributed by atoms with Crippen molar-refractivity contribution in [2.24, 2.45) is 11.7 Å². The van der Waals surface area contributed by atoms with Crippen molar-refractivity contribution in [1.29, 1.82) is 0 Å². The zero-order chi connectivity index (χ0) is 13.7. The van der Waals surface area contributed by atoms with Gasteiger partial charge in [-0.15, -0.1) is 0 Å². The number of benzene rings is 1. The van der Waals surface area contributed by atoms with E-state index in [9.17, 15) is 13.6 Å². The molecule has 1 aromatic carbocycles. The van der Waals surface area contributed by atoms with E-state index in [0.717, 1.165) is 6.07 Å². The molecule has 0 aliphatic heterocycles. The van der Waals surface area contributed by atoms with Crippen molar-refractivity contribution in [3.8, 4) is 0 Å². The van der Waals surface area contributed by atoms with Crippen LogP contribution < -0.4 is 5.73 Å². The number of nitrogens with zero attached hydrogens (tertiary/aromatic N) is 1. The molecule has 0 heterocycles. The molecule has 0 unspecified atom stereocenters. The van der Waals surface area contributed by atoms with Gasteiger partial charge in [-0.05, 0) is 12.0 Å². The van der Waals surface area contributed by atoms with Gasteiger partial charge in [-0.2, -0.15) is 0 Å². The minimum atomic E-state index is -0.879. The molecule has 18 heavy (non-hydrogen) atoms. The standard InChI is InChI=1S/C13H18F2N2O/c1-9(2)6-17(8-12(16)18)7-10-4-3-5-11(14)13(10)15/h3-5,9H,6-8H2,1-2H3,(H2,16,18). The number of hydrogen-bond acceptors (Lipinski definition) is 2. The Hall–Kier alpha value is -1.49. The fourth-order valence-electron chi connectivity index (χ4n) is 1.83. The number of hydrogen-bond donors (Lipinski definition) is 1. The highest BCUT2D eigenvalue weighted by molar-refractivity contribution is 5.75. The van der Waals surface area contributed by atoms with E-state index >= 15 is 0 Å². The second-order valence-corrected chi connectivity index (χ2v) is 4.74. The number of carbonyl (C=O) groups is 1. The van der Waals surface area contributed by atoms with Crippen LogP contribution in [0, 0.1) is 17.6 Å². The smallest absolute Gasteiger partial charge is 0.231 e. The van der Waals surface area contributed by atoms with Gasteiger partial charge in [-0.25, -0.2) is 8.78 Å². The highest BCUT2D eigenvalue weighted by Crippen LogP contribution is 2.14. The molecule has 5 heteroatoms. The molecule has 0 bridgehead atoms. The van der Waals surface area contributed by atoms with E-state index in [1.807, 2.05) is 13.8 Å². The minimum Gasteiger partial charge on any atom is -0.369 e. The zero-order valence-electron chi connectivity index (χ0n) is 10.6. The normalized spacial score (nSPS) is 11.2. The van der Waals surface area contributed by atoms with E-state index in [-0.39, 0.29) is 18.7 Å². The topological polar surface area (TPSA) is 46.3 Å². The molecule has 0 radical (unpaired) electrons. The third-order valence-electron chi connectivity index (χ3n) is 2.43. The van der Waals surface area contributed by atoms with Crippen molar-refractivity contribution in [2.75, 3.05) is 13.1 Å². The molecule has 0 aromatic heterocycles. The van der Waals surface area contributed by atoms with Crippen LogP contribution >= 0.6 is 0 Å². The lowest BCUT2D eigenvalue weighted by Gasteiger charge is -2.23. The maximum Gasteiger partial charge on any atom is 0.231 e. The molecule has 0 spiro atoms. The summed E-state index contributed by atoms with van der Waals surface area (Å²) in [6.45, 7) is 4.77. The van der Waals surface area contributed by atoms with Gasteiger partial charge in [0.2, 0.25) is 5.91 Å². The summed E-state index contributed by atoms with van der Waals surface area (Å²) in [5, 5.41) is 0. The van der Waals surface area contributed by atoms with Crippen molar-refractivity contribution < 1.29 is 13.6 Å². The van der Waals surface area contributed by atoms with Gasteiger partial charge in [0.05, 0.1) is 6.54 Å². The predicted molar refractivity (Wildman–Crippen MR) is 65.7 cm³/mol. The Morgan fingerprint density at radius 3 is 2.61 bits per heavy atom. The highest BCUT2D eigenvalue weighted by Gasteiger charge is 2.14. The van der Waals surface area contributed by atoms with Crippen LogP contribution in [-0.4, -0.2) is 23.9 Å². The van der Waals surface area contributed by atoms with E-state index in [1.165, 1.54) is 12.1 Å². The monoisotopic (exact) mass is 256 g/mol. The van der Waals surface area contributed by atoms with Gasteiger partial charge in [0.1, 0.15) is 0 Å². The zero-order valence-corrected chi connectivity index (χ0v) is 10.6. The summed E-state index contributed by atoms with van der Waals surface area (Å²) < 4.78 is 26.6. The lowest BCUT2D eigenvalue weighted by Crippen LogP contribution is -2.36. The Labute approximate surface area is 106 Å². The molecule has 0 aliphatic rings. The van der Waals surface area contributed by atoms with E-state index in [2.05, 4.69) is 0 Å². The lowest BCUT2D eigenvalue weighted by molar-refractivity contribution is -0.119. The average Bonchev–Trinajstić information content (AvgIpc) is 2.23. The summed E-state index contributed by atoms with van der Waals surface area (Å²) in [5.74, 6) is -1.92. The molecular formula is C13H18F2N2O. The van der Waals surface area contributed by atoms with Crippen LogP contribution in [0.4, 0.5) is 8.78 Å². The molecule has 0 fully saturated rings. The number of rotatable bonds is 6. The van der Waals surface area contributed by atoms with Gasteiger partial charge in [0, 0.05) is 18.7 Å². The van der Waals surface area contributed by atoms with Crippen LogP contribution in [-0.2, 0) is 11.3 Å². The van der Waals surface area contributed by atoms with Gasteiger partial charge in [0.25, 0.3) is 0 Å². The van der Waals surface area contributed by atoms with Crippen LogP contribution in [0.15, 0.2) is 18.2 Å². The summed E-state index contributed by atoms with van der Waals surface area (Å²) in [6.07, 6.45) is 0. The molecule has 100 valence electrons. The summed E-state index contributed by atoms with van der Waals surface area (Å²) in [5.41, 5.74) is 5.38. The largest absolute Gasteiger partial charge is 0.369 e.